The number of alkyl halides is 3. The van der Waals surface area contributed by atoms with Crippen molar-refractivity contribution >= 4 is 11.6 Å². The van der Waals surface area contributed by atoms with E-state index >= 15 is 0 Å². The second-order valence-corrected chi connectivity index (χ2v) is 4.86. The van der Waals surface area contributed by atoms with Gasteiger partial charge in [0.2, 0.25) is 0 Å². The van der Waals surface area contributed by atoms with E-state index in [0.717, 1.165) is 5.56 Å². The Bertz CT molecular complexity index is 539. The fourth-order valence-corrected chi connectivity index (χ4v) is 2.03. The van der Waals surface area contributed by atoms with E-state index in [1.54, 1.807) is 24.3 Å². The second-order valence-electron chi connectivity index (χ2n) is 4.43. The first-order valence-electron chi connectivity index (χ1n) is 5.93. The van der Waals surface area contributed by atoms with Gasteiger partial charge in [-0.3, -0.25) is 9.58 Å². The van der Waals surface area contributed by atoms with Gasteiger partial charge in [-0.15, -0.1) is 0 Å². The van der Waals surface area contributed by atoms with Crippen molar-refractivity contribution in [1.82, 2.24) is 14.7 Å². The first-order chi connectivity index (χ1) is 9.42. The lowest BCUT2D eigenvalue weighted by Gasteiger charge is -2.23. The van der Waals surface area contributed by atoms with Crippen molar-refractivity contribution in [3.05, 3.63) is 53.3 Å². The first kappa shape index (κ1) is 14.9. The summed E-state index contributed by atoms with van der Waals surface area (Å²) in [6.45, 7) is -0.779. The molecular weight excluding hydrogens is 291 g/mol. The molecule has 0 bridgehead atoms. The maximum Gasteiger partial charge on any atom is 0.401 e. The predicted octanol–water partition coefficient (Wildman–Crippen LogP) is 3.56. The summed E-state index contributed by atoms with van der Waals surface area (Å²) in [5.74, 6) is 0. The van der Waals surface area contributed by atoms with Crippen LogP contribution in [0.1, 0.15) is 5.56 Å². The van der Waals surface area contributed by atoms with E-state index in [2.05, 4.69) is 5.10 Å². The molecule has 0 fully saturated rings. The van der Waals surface area contributed by atoms with Crippen LogP contribution in [0.3, 0.4) is 0 Å². The van der Waals surface area contributed by atoms with Gasteiger partial charge in [0.05, 0.1) is 24.4 Å². The summed E-state index contributed by atoms with van der Waals surface area (Å²) in [5.41, 5.74) is 0.815. The van der Waals surface area contributed by atoms with Crippen molar-refractivity contribution in [2.45, 2.75) is 19.4 Å². The van der Waals surface area contributed by atoms with Gasteiger partial charge in [-0.1, -0.05) is 41.9 Å². The minimum Gasteiger partial charge on any atom is -0.271 e. The smallest absolute Gasteiger partial charge is 0.271 e. The molecule has 0 aliphatic carbocycles. The fraction of sp³-hybridized carbons (Fsp3) is 0.308. The van der Waals surface area contributed by atoms with Gasteiger partial charge >= 0.3 is 6.18 Å². The Morgan fingerprint density at radius 2 is 1.90 bits per heavy atom. The van der Waals surface area contributed by atoms with E-state index in [0.29, 0.717) is 5.02 Å². The molecule has 1 heterocycles. The molecule has 0 radical (unpaired) electrons. The molecule has 20 heavy (non-hydrogen) atoms. The van der Waals surface area contributed by atoms with Crippen LogP contribution in [0.5, 0.6) is 0 Å². The Morgan fingerprint density at radius 1 is 1.20 bits per heavy atom. The molecule has 3 nitrogen and oxygen atoms in total. The van der Waals surface area contributed by atoms with Crippen molar-refractivity contribution in [3.8, 4) is 0 Å². The number of hydrogen-bond donors (Lipinski definition) is 0. The van der Waals surface area contributed by atoms with Gasteiger partial charge in [-0.25, -0.2) is 0 Å². The molecule has 0 atom stereocenters. The monoisotopic (exact) mass is 303 g/mol. The summed E-state index contributed by atoms with van der Waals surface area (Å²) in [5, 5.41) is 4.30. The van der Waals surface area contributed by atoms with Crippen LogP contribution in [0, 0.1) is 0 Å². The number of halogens is 4. The van der Waals surface area contributed by atoms with E-state index < -0.39 is 12.7 Å². The summed E-state index contributed by atoms with van der Waals surface area (Å²) in [4.78, 5) is 1.26. The number of aromatic nitrogens is 2. The number of rotatable bonds is 5. The highest BCUT2D eigenvalue weighted by Gasteiger charge is 2.30. The van der Waals surface area contributed by atoms with E-state index in [9.17, 15) is 13.2 Å². The Kier molecular flexibility index (Phi) is 4.67. The summed E-state index contributed by atoms with van der Waals surface area (Å²) >= 11 is 5.71. The van der Waals surface area contributed by atoms with Crippen LogP contribution < -0.4 is 0 Å². The summed E-state index contributed by atoms with van der Waals surface area (Å²) in [6.07, 6.45) is -1.36. The van der Waals surface area contributed by atoms with E-state index in [-0.39, 0.29) is 13.2 Å². The Morgan fingerprint density at radius 3 is 2.45 bits per heavy atom. The maximum absolute atomic E-state index is 12.6. The molecule has 1 aromatic carbocycles. The lowest BCUT2D eigenvalue weighted by molar-refractivity contribution is -0.151. The van der Waals surface area contributed by atoms with Gasteiger partial charge < -0.3 is 0 Å². The lowest BCUT2D eigenvalue weighted by atomic mass is 10.2. The zero-order chi connectivity index (χ0) is 14.6. The average Bonchev–Trinajstić information content (AvgIpc) is 2.74. The highest BCUT2D eigenvalue weighted by atomic mass is 35.5. The molecule has 0 aliphatic heterocycles. The highest BCUT2D eigenvalue weighted by Crippen LogP contribution is 2.19. The van der Waals surface area contributed by atoms with Crippen molar-refractivity contribution < 1.29 is 13.2 Å². The Hall–Kier alpha value is -1.53. The van der Waals surface area contributed by atoms with E-state index in [1.807, 2.05) is 6.07 Å². The first-order valence-corrected chi connectivity index (χ1v) is 6.31. The largest absolute Gasteiger partial charge is 0.401 e. The van der Waals surface area contributed by atoms with Crippen LogP contribution in [0.2, 0.25) is 5.02 Å². The number of benzene rings is 1. The van der Waals surface area contributed by atoms with Gasteiger partial charge in [-0.2, -0.15) is 18.3 Å². The molecule has 0 unspecified atom stereocenters. The van der Waals surface area contributed by atoms with Gasteiger partial charge in [0.1, 0.15) is 0 Å². The lowest BCUT2D eigenvalue weighted by Crippen LogP contribution is -2.35. The Balaban J connectivity index is 2.08. The van der Waals surface area contributed by atoms with E-state index in [4.69, 9.17) is 11.6 Å². The van der Waals surface area contributed by atoms with Crippen LogP contribution in [0.25, 0.3) is 0 Å². The molecule has 0 aliphatic rings. The van der Waals surface area contributed by atoms with Crippen LogP contribution in [0.15, 0.2) is 42.7 Å². The molecule has 2 rings (SSSR count). The summed E-state index contributed by atoms with van der Waals surface area (Å²) < 4.78 is 39.2. The fourth-order valence-electron chi connectivity index (χ4n) is 1.87. The van der Waals surface area contributed by atoms with Crippen LogP contribution in [0.4, 0.5) is 13.2 Å². The van der Waals surface area contributed by atoms with Crippen molar-refractivity contribution in [3.63, 3.8) is 0 Å². The summed E-state index contributed by atoms with van der Waals surface area (Å²) in [7, 11) is 0. The highest BCUT2D eigenvalue weighted by molar-refractivity contribution is 6.30. The standard InChI is InChI=1S/C13H13ClF3N3/c14-12-6-18-20(8-12)10-19(9-13(15,16)17)7-11-4-2-1-3-5-11/h1-6,8H,7,9-10H2. The third kappa shape index (κ3) is 4.86. The van der Waals surface area contributed by atoms with Crippen molar-refractivity contribution in [2.75, 3.05) is 6.54 Å². The van der Waals surface area contributed by atoms with E-state index in [1.165, 1.54) is 22.0 Å². The molecule has 0 spiro atoms. The topological polar surface area (TPSA) is 21.1 Å². The van der Waals surface area contributed by atoms with Crippen molar-refractivity contribution in [2.24, 2.45) is 0 Å². The Labute approximate surface area is 119 Å². The average molecular weight is 304 g/mol. The normalized spacial score (nSPS) is 12.1. The zero-order valence-electron chi connectivity index (χ0n) is 10.5. The van der Waals surface area contributed by atoms with Crippen LogP contribution in [-0.4, -0.2) is 27.4 Å². The molecule has 0 amide bonds. The van der Waals surface area contributed by atoms with Gasteiger partial charge in [0, 0.05) is 12.7 Å². The third-order valence-corrected chi connectivity index (χ3v) is 2.79. The number of hydrogen-bond acceptors (Lipinski definition) is 2. The van der Waals surface area contributed by atoms with Gasteiger partial charge in [-0.05, 0) is 5.56 Å². The van der Waals surface area contributed by atoms with Crippen LogP contribution >= 0.6 is 11.6 Å². The van der Waals surface area contributed by atoms with Gasteiger partial charge in [0.25, 0.3) is 0 Å². The molecule has 1 aromatic heterocycles. The molecule has 2 aromatic rings. The zero-order valence-corrected chi connectivity index (χ0v) is 11.3. The second kappa shape index (κ2) is 6.28. The molecule has 108 valence electrons. The van der Waals surface area contributed by atoms with Gasteiger partial charge in [0.15, 0.2) is 0 Å². The molecule has 0 saturated carbocycles. The molecule has 0 saturated heterocycles. The quantitative estimate of drug-likeness (QED) is 0.842. The maximum atomic E-state index is 12.6. The third-order valence-electron chi connectivity index (χ3n) is 2.60. The molecule has 0 N–H and O–H groups in total. The van der Waals surface area contributed by atoms with Crippen LogP contribution in [-0.2, 0) is 13.2 Å². The predicted molar refractivity (Wildman–Crippen MR) is 70.1 cm³/mol. The van der Waals surface area contributed by atoms with Crippen molar-refractivity contribution in [1.29, 1.82) is 0 Å². The summed E-state index contributed by atoms with van der Waals surface area (Å²) in [6, 6.07) is 9.00. The molecular formula is C13H13ClF3N3. The SMILES string of the molecule is FC(F)(F)CN(Cc1ccccc1)Cn1cc(Cl)cn1. The molecule has 7 heteroatoms. The minimum atomic E-state index is -4.26. The number of nitrogens with zero attached hydrogens (tertiary/aromatic N) is 3. The minimum absolute atomic E-state index is 0.0289.